The van der Waals surface area contributed by atoms with Gasteiger partial charge in [0.15, 0.2) is 17.2 Å². The van der Waals surface area contributed by atoms with Gasteiger partial charge in [-0.2, -0.15) is 0 Å². The molecule has 8 nitrogen and oxygen atoms in total. The van der Waals surface area contributed by atoms with Crippen LogP contribution in [-0.2, 0) is 9.59 Å². The molecule has 0 radical (unpaired) electrons. The molecule has 3 aromatic rings. The summed E-state index contributed by atoms with van der Waals surface area (Å²) in [4.78, 5) is 40.4. The lowest BCUT2D eigenvalue weighted by atomic mass is 9.99. The molecule has 0 bridgehead atoms. The Labute approximate surface area is 214 Å². The zero-order chi connectivity index (χ0) is 26.9. The fourth-order valence-corrected chi connectivity index (χ4v) is 4.23. The third kappa shape index (κ3) is 5.04. The number of fused-ring (bicyclic) bond motifs is 1. The van der Waals surface area contributed by atoms with Crippen LogP contribution in [0.5, 0.6) is 23.0 Å². The highest BCUT2D eigenvalue weighted by Crippen LogP contribution is 2.35. The molecule has 0 atom stereocenters. The second-order valence-corrected chi connectivity index (χ2v) is 8.78. The van der Waals surface area contributed by atoms with Crippen LogP contribution in [0.15, 0.2) is 59.8 Å². The first kappa shape index (κ1) is 25.5. The molecule has 0 fully saturated rings. The van der Waals surface area contributed by atoms with Crippen molar-refractivity contribution in [1.82, 2.24) is 0 Å². The first-order chi connectivity index (χ1) is 17.6. The number of hydrogen-bond donors (Lipinski definition) is 1. The number of hydrogen-bond acceptors (Lipinski definition) is 8. The topological polar surface area (TPSA) is 100 Å². The Balaban J connectivity index is 1.86. The largest absolute Gasteiger partial charge is 0.493 e. The van der Waals surface area contributed by atoms with Gasteiger partial charge in [0.25, 0.3) is 0 Å². The maximum Gasteiger partial charge on any atom is 0.361 e. The van der Waals surface area contributed by atoms with Gasteiger partial charge in [0.2, 0.25) is 5.78 Å². The van der Waals surface area contributed by atoms with Crippen molar-refractivity contribution >= 4 is 23.4 Å². The SMILES string of the molecule is COc1ccc(C(=O)C(C(=O)Oc2c(C)cc(C)cc2C)=C2Nc3cc(C)ccc3OC2=O)cc1OC. The Bertz CT molecular complexity index is 1450. The van der Waals surface area contributed by atoms with Crippen LogP contribution in [0.2, 0.25) is 0 Å². The summed E-state index contributed by atoms with van der Waals surface area (Å²) < 4.78 is 21.7. The number of aryl methyl sites for hydroxylation is 4. The monoisotopic (exact) mass is 501 g/mol. The summed E-state index contributed by atoms with van der Waals surface area (Å²) in [5.41, 5.74) is 3.06. The quantitative estimate of drug-likeness (QED) is 0.126. The number of nitrogens with one attached hydrogen (secondary N) is 1. The lowest BCUT2D eigenvalue weighted by molar-refractivity contribution is -0.133. The average Bonchev–Trinajstić information content (AvgIpc) is 2.86. The van der Waals surface area contributed by atoms with E-state index in [4.69, 9.17) is 18.9 Å². The Hall–Kier alpha value is -4.59. The van der Waals surface area contributed by atoms with E-state index in [0.29, 0.717) is 28.3 Å². The number of methoxy groups -OCH3 is 2. The predicted octanol–water partition coefficient (Wildman–Crippen LogP) is 5.01. The summed E-state index contributed by atoms with van der Waals surface area (Å²) in [6.45, 7) is 7.41. The average molecular weight is 502 g/mol. The van der Waals surface area contributed by atoms with Crippen LogP contribution >= 0.6 is 0 Å². The highest BCUT2D eigenvalue weighted by molar-refractivity contribution is 6.28. The normalized spacial score (nSPS) is 13.6. The number of Topliss-reactive ketones (excluding diaryl/α,β-unsaturated/α-hetero) is 1. The van der Waals surface area contributed by atoms with Gasteiger partial charge in [-0.1, -0.05) is 23.8 Å². The molecule has 0 aliphatic carbocycles. The molecule has 0 unspecified atom stereocenters. The van der Waals surface area contributed by atoms with Gasteiger partial charge in [-0.3, -0.25) is 4.79 Å². The molecule has 0 spiro atoms. The summed E-state index contributed by atoms with van der Waals surface area (Å²) in [7, 11) is 2.90. The lowest BCUT2D eigenvalue weighted by Gasteiger charge is -2.22. The van der Waals surface area contributed by atoms with Crippen molar-refractivity contribution < 1.29 is 33.3 Å². The van der Waals surface area contributed by atoms with E-state index in [1.165, 1.54) is 26.4 Å². The van der Waals surface area contributed by atoms with Crippen LogP contribution in [-0.4, -0.2) is 31.9 Å². The van der Waals surface area contributed by atoms with Crippen molar-refractivity contribution in [3.63, 3.8) is 0 Å². The number of anilines is 1. The molecule has 0 saturated heterocycles. The molecule has 0 aromatic heterocycles. The molecular weight excluding hydrogens is 474 g/mol. The Morgan fingerprint density at radius 3 is 2.14 bits per heavy atom. The fourth-order valence-electron chi connectivity index (χ4n) is 4.23. The minimum atomic E-state index is -0.995. The van der Waals surface area contributed by atoms with E-state index in [1.54, 1.807) is 38.1 Å². The third-order valence-corrected chi connectivity index (χ3v) is 5.93. The molecule has 0 saturated carbocycles. The van der Waals surface area contributed by atoms with Gasteiger partial charge < -0.3 is 24.3 Å². The molecule has 1 aliphatic heterocycles. The molecule has 0 amide bonds. The van der Waals surface area contributed by atoms with Gasteiger partial charge in [0.05, 0.1) is 19.9 Å². The summed E-state index contributed by atoms with van der Waals surface area (Å²) >= 11 is 0. The molecule has 190 valence electrons. The van der Waals surface area contributed by atoms with Crippen LogP contribution in [0.4, 0.5) is 5.69 Å². The number of carbonyl (C=O) groups is 3. The highest BCUT2D eigenvalue weighted by Gasteiger charge is 2.35. The number of carbonyl (C=O) groups excluding carboxylic acids is 3. The Morgan fingerprint density at radius 1 is 0.811 bits per heavy atom. The van der Waals surface area contributed by atoms with E-state index < -0.39 is 23.3 Å². The summed E-state index contributed by atoms with van der Waals surface area (Å²) in [5, 5.41) is 2.92. The molecule has 8 heteroatoms. The summed E-state index contributed by atoms with van der Waals surface area (Å²) in [6, 6.07) is 13.4. The van der Waals surface area contributed by atoms with Crippen molar-refractivity contribution in [3.05, 3.63) is 87.6 Å². The van der Waals surface area contributed by atoms with E-state index in [-0.39, 0.29) is 22.8 Å². The van der Waals surface area contributed by atoms with Gasteiger partial charge in [0.1, 0.15) is 17.0 Å². The fraction of sp³-hybridized carbons (Fsp3) is 0.207. The van der Waals surface area contributed by atoms with Crippen LogP contribution in [0, 0.1) is 27.7 Å². The van der Waals surface area contributed by atoms with Crippen LogP contribution in [0.1, 0.15) is 32.6 Å². The first-order valence-electron chi connectivity index (χ1n) is 11.5. The molecule has 3 aromatic carbocycles. The van der Waals surface area contributed by atoms with Gasteiger partial charge in [-0.25, -0.2) is 9.59 Å². The molecule has 1 N–H and O–H groups in total. The summed E-state index contributed by atoms with van der Waals surface area (Å²) in [6.07, 6.45) is 0. The van der Waals surface area contributed by atoms with Crippen molar-refractivity contribution in [2.24, 2.45) is 0 Å². The smallest absolute Gasteiger partial charge is 0.361 e. The maximum absolute atomic E-state index is 13.8. The van der Waals surface area contributed by atoms with Gasteiger partial charge in [-0.15, -0.1) is 0 Å². The number of ether oxygens (including phenoxy) is 4. The van der Waals surface area contributed by atoms with Crippen molar-refractivity contribution in [1.29, 1.82) is 0 Å². The van der Waals surface area contributed by atoms with E-state index >= 15 is 0 Å². The molecule has 37 heavy (non-hydrogen) atoms. The van der Waals surface area contributed by atoms with E-state index in [1.807, 2.05) is 26.0 Å². The maximum atomic E-state index is 13.8. The van der Waals surface area contributed by atoms with E-state index in [0.717, 1.165) is 11.1 Å². The van der Waals surface area contributed by atoms with Crippen LogP contribution < -0.4 is 24.3 Å². The first-order valence-corrected chi connectivity index (χ1v) is 11.5. The van der Waals surface area contributed by atoms with Crippen molar-refractivity contribution in [2.75, 3.05) is 19.5 Å². The van der Waals surface area contributed by atoms with Crippen molar-refractivity contribution in [3.8, 4) is 23.0 Å². The number of benzene rings is 3. The van der Waals surface area contributed by atoms with E-state index in [2.05, 4.69) is 5.32 Å². The van der Waals surface area contributed by atoms with Crippen molar-refractivity contribution in [2.45, 2.75) is 27.7 Å². The molecule has 4 rings (SSSR count). The molecular formula is C29H27NO7. The zero-order valence-corrected chi connectivity index (χ0v) is 21.5. The number of rotatable bonds is 6. The van der Waals surface area contributed by atoms with Gasteiger partial charge >= 0.3 is 11.9 Å². The molecule has 1 heterocycles. The predicted molar refractivity (Wildman–Crippen MR) is 138 cm³/mol. The minimum absolute atomic E-state index is 0.0964. The second kappa shape index (κ2) is 10.2. The van der Waals surface area contributed by atoms with Crippen LogP contribution in [0.3, 0.4) is 0 Å². The highest BCUT2D eigenvalue weighted by atomic mass is 16.5. The number of esters is 2. The number of ketones is 1. The lowest BCUT2D eigenvalue weighted by Crippen LogP contribution is -2.31. The zero-order valence-electron chi connectivity index (χ0n) is 21.5. The molecule has 1 aliphatic rings. The van der Waals surface area contributed by atoms with Gasteiger partial charge in [0, 0.05) is 5.56 Å². The Kier molecular flexibility index (Phi) is 7.02. The van der Waals surface area contributed by atoms with Gasteiger partial charge in [-0.05, 0) is 74.7 Å². The second-order valence-electron chi connectivity index (χ2n) is 8.78. The Morgan fingerprint density at radius 2 is 1.49 bits per heavy atom. The van der Waals surface area contributed by atoms with Crippen LogP contribution in [0.25, 0.3) is 0 Å². The van der Waals surface area contributed by atoms with E-state index in [9.17, 15) is 14.4 Å². The standard InChI is InChI=1S/C29H27NO7/c1-15-7-9-21-20(13-15)30-25(29(33)36-21)24(26(31)19-8-10-22(34-5)23(14-19)35-6)28(32)37-27-17(3)11-16(2)12-18(27)4/h7-14,30H,1-6H3. The minimum Gasteiger partial charge on any atom is -0.493 e. The summed E-state index contributed by atoms with van der Waals surface area (Å²) in [5.74, 6) is -1.33. The third-order valence-electron chi connectivity index (χ3n) is 5.93.